The van der Waals surface area contributed by atoms with Crippen LogP contribution in [0.2, 0.25) is 0 Å². The molecule has 2 aromatic rings. The SMILES string of the molecule is O=C(Nc1cccc2ccccc12)O[C@H]1CC[C@H]2CCCC[C@@H]2C1. The molecule has 0 radical (unpaired) electrons. The van der Waals surface area contributed by atoms with Crippen molar-refractivity contribution in [1.29, 1.82) is 0 Å². The predicted molar refractivity (Wildman–Crippen MR) is 97.1 cm³/mol. The summed E-state index contributed by atoms with van der Waals surface area (Å²) in [6, 6.07) is 14.0. The van der Waals surface area contributed by atoms with E-state index in [0.717, 1.165) is 41.1 Å². The molecule has 0 aromatic heterocycles. The lowest BCUT2D eigenvalue weighted by molar-refractivity contribution is 0.0339. The van der Waals surface area contributed by atoms with Crippen molar-refractivity contribution in [1.82, 2.24) is 0 Å². The van der Waals surface area contributed by atoms with Crippen LogP contribution < -0.4 is 5.32 Å². The number of carbonyl (C=O) groups excluding carboxylic acids is 1. The zero-order chi connectivity index (χ0) is 16.4. The minimum Gasteiger partial charge on any atom is -0.446 e. The normalized spacial score (nSPS) is 26.6. The Hall–Kier alpha value is -2.03. The number of nitrogens with one attached hydrogen (secondary N) is 1. The summed E-state index contributed by atoms with van der Waals surface area (Å²) in [5.74, 6) is 1.64. The zero-order valence-electron chi connectivity index (χ0n) is 14.0. The number of anilines is 1. The molecule has 126 valence electrons. The molecule has 2 fully saturated rings. The lowest BCUT2D eigenvalue weighted by atomic mass is 9.70. The average molecular weight is 323 g/mol. The first-order chi connectivity index (χ1) is 11.8. The summed E-state index contributed by atoms with van der Waals surface area (Å²) in [6.07, 6.45) is 8.47. The fourth-order valence-electron chi connectivity index (χ4n) is 4.56. The lowest BCUT2D eigenvalue weighted by Crippen LogP contribution is -2.34. The molecule has 0 saturated heterocycles. The highest BCUT2D eigenvalue weighted by atomic mass is 16.6. The topological polar surface area (TPSA) is 38.3 Å². The van der Waals surface area contributed by atoms with E-state index in [9.17, 15) is 4.79 Å². The molecule has 2 aliphatic rings. The monoisotopic (exact) mass is 323 g/mol. The standard InChI is InChI=1S/C21H25NO2/c23-21(22-20-11-5-9-16-7-3-4-10-19(16)20)24-18-13-12-15-6-1-2-8-17(15)14-18/h3-5,7,9-11,15,17-18H,1-2,6,8,12-14H2,(H,22,23)/t15-,17-,18+/m1/s1. The summed E-state index contributed by atoms with van der Waals surface area (Å²) < 4.78 is 5.74. The van der Waals surface area contributed by atoms with E-state index in [1.165, 1.54) is 32.1 Å². The highest BCUT2D eigenvalue weighted by Crippen LogP contribution is 2.41. The van der Waals surface area contributed by atoms with Crippen LogP contribution in [0.3, 0.4) is 0 Å². The first-order valence-electron chi connectivity index (χ1n) is 9.25. The van der Waals surface area contributed by atoms with Gasteiger partial charge in [-0.05, 0) is 42.6 Å². The van der Waals surface area contributed by atoms with Gasteiger partial charge in [-0.15, -0.1) is 0 Å². The quantitative estimate of drug-likeness (QED) is 0.764. The van der Waals surface area contributed by atoms with Crippen LogP contribution in [0.4, 0.5) is 10.5 Å². The Morgan fingerprint density at radius 2 is 1.71 bits per heavy atom. The Morgan fingerprint density at radius 1 is 0.917 bits per heavy atom. The first kappa shape index (κ1) is 15.5. The van der Waals surface area contributed by atoms with Gasteiger partial charge in [0, 0.05) is 5.39 Å². The van der Waals surface area contributed by atoms with Crippen molar-refractivity contribution in [3.8, 4) is 0 Å². The van der Waals surface area contributed by atoms with Crippen LogP contribution in [0.5, 0.6) is 0 Å². The van der Waals surface area contributed by atoms with Crippen LogP contribution >= 0.6 is 0 Å². The van der Waals surface area contributed by atoms with Crippen molar-refractivity contribution in [2.75, 3.05) is 5.32 Å². The van der Waals surface area contributed by atoms with Gasteiger partial charge in [0.1, 0.15) is 6.10 Å². The largest absolute Gasteiger partial charge is 0.446 e. The van der Waals surface area contributed by atoms with Crippen LogP contribution in [0.15, 0.2) is 42.5 Å². The Kier molecular flexibility index (Phi) is 4.42. The molecule has 0 spiro atoms. The van der Waals surface area contributed by atoms with Crippen LogP contribution in [0.1, 0.15) is 44.9 Å². The maximum Gasteiger partial charge on any atom is 0.411 e. The number of hydrogen-bond acceptors (Lipinski definition) is 2. The van der Waals surface area contributed by atoms with Crippen LogP contribution in [-0.2, 0) is 4.74 Å². The first-order valence-corrected chi connectivity index (χ1v) is 9.25. The molecule has 2 aromatic carbocycles. The molecule has 0 heterocycles. The number of carbonyl (C=O) groups is 1. The van der Waals surface area contributed by atoms with Gasteiger partial charge in [-0.1, -0.05) is 62.1 Å². The van der Waals surface area contributed by atoms with Crippen LogP contribution in [0.25, 0.3) is 10.8 Å². The molecule has 1 N–H and O–H groups in total. The molecule has 2 saturated carbocycles. The van der Waals surface area contributed by atoms with Gasteiger partial charge in [-0.3, -0.25) is 5.32 Å². The number of fused-ring (bicyclic) bond motifs is 2. The second-order valence-electron chi connectivity index (χ2n) is 7.30. The smallest absolute Gasteiger partial charge is 0.411 e. The van der Waals surface area contributed by atoms with Crippen molar-refractivity contribution >= 4 is 22.6 Å². The van der Waals surface area contributed by atoms with E-state index < -0.39 is 0 Å². The van der Waals surface area contributed by atoms with E-state index in [1.54, 1.807) is 0 Å². The van der Waals surface area contributed by atoms with Gasteiger partial charge in [0.15, 0.2) is 0 Å². The predicted octanol–water partition coefficient (Wildman–Crippen LogP) is 5.75. The second-order valence-corrected chi connectivity index (χ2v) is 7.30. The van der Waals surface area contributed by atoms with E-state index in [2.05, 4.69) is 17.4 Å². The fourth-order valence-corrected chi connectivity index (χ4v) is 4.56. The maximum atomic E-state index is 12.4. The number of rotatable bonds is 2. The van der Waals surface area contributed by atoms with Gasteiger partial charge < -0.3 is 4.74 Å². The zero-order valence-corrected chi connectivity index (χ0v) is 14.0. The Labute approximate surface area is 143 Å². The number of hydrogen-bond donors (Lipinski definition) is 1. The molecular formula is C21H25NO2. The Balaban J connectivity index is 1.39. The minimum atomic E-state index is -0.314. The van der Waals surface area contributed by atoms with Gasteiger partial charge in [-0.2, -0.15) is 0 Å². The van der Waals surface area contributed by atoms with Crippen molar-refractivity contribution in [3.63, 3.8) is 0 Å². The number of ether oxygens (including phenoxy) is 1. The van der Waals surface area contributed by atoms with Gasteiger partial charge in [0.2, 0.25) is 0 Å². The third kappa shape index (κ3) is 3.26. The van der Waals surface area contributed by atoms with E-state index in [4.69, 9.17) is 4.74 Å². The molecule has 4 rings (SSSR count). The van der Waals surface area contributed by atoms with E-state index >= 15 is 0 Å². The Morgan fingerprint density at radius 3 is 2.62 bits per heavy atom. The van der Waals surface area contributed by atoms with Crippen molar-refractivity contribution in [2.24, 2.45) is 11.8 Å². The summed E-state index contributed by atoms with van der Waals surface area (Å²) >= 11 is 0. The molecule has 0 unspecified atom stereocenters. The Bertz CT molecular complexity index is 721. The molecule has 24 heavy (non-hydrogen) atoms. The van der Waals surface area contributed by atoms with Gasteiger partial charge in [0.05, 0.1) is 5.69 Å². The van der Waals surface area contributed by atoms with Crippen molar-refractivity contribution in [2.45, 2.75) is 51.0 Å². The summed E-state index contributed by atoms with van der Waals surface area (Å²) in [5, 5.41) is 5.12. The third-order valence-corrected chi connectivity index (χ3v) is 5.79. The molecule has 1 amide bonds. The van der Waals surface area contributed by atoms with Crippen molar-refractivity contribution in [3.05, 3.63) is 42.5 Å². The molecule has 3 heteroatoms. The molecule has 0 bridgehead atoms. The van der Waals surface area contributed by atoms with E-state index in [0.29, 0.717) is 0 Å². The molecule has 3 nitrogen and oxygen atoms in total. The molecular weight excluding hydrogens is 298 g/mol. The molecule has 0 aliphatic heterocycles. The van der Waals surface area contributed by atoms with Gasteiger partial charge in [0.25, 0.3) is 0 Å². The third-order valence-electron chi connectivity index (χ3n) is 5.79. The van der Waals surface area contributed by atoms with E-state index in [-0.39, 0.29) is 12.2 Å². The summed E-state index contributed by atoms with van der Waals surface area (Å²) in [5.41, 5.74) is 0.824. The fraction of sp³-hybridized carbons (Fsp3) is 0.476. The summed E-state index contributed by atoms with van der Waals surface area (Å²) in [6.45, 7) is 0. The number of amides is 1. The summed E-state index contributed by atoms with van der Waals surface area (Å²) in [4.78, 5) is 12.4. The maximum absolute atomic E-state index is 12.4. The van der Waals surface area contributed by atoms with Crippen LogP contribution in [0, 0.1) is 11.8 Å². The van der Waals surface area contributed by atoms with Gasteiger partial charge >= 0.3 is 6.09 Å². The molecule has 3 atom stereocenters. The summed E-state index contributed by atoms with van der Waals surface area (Å²) in [7, 11) is 0. The number of benzene rings is 2. The second kappa shape index (κ2) is 6.84. The van der Waals surface area contributed by atoms with E-state index in [1.807, 2.05) is 30.3 Å². The minimum absolute atomic E-state index is 0.0827. The van der Waals surface area contributed by atoms with Crippen molar-refractivity contribution < 1.29 is 9.53 Å². The van der Waals surface area contributed by atoms with Gasteiger partial charge in [-0.25, -0.2) is 4.79 Å². The highest BCUT2D eigenvalue weighted by Gasteiger charge is 2.33. The van der Waals surface area contributed by atoms with Crippen LogP contribution in [-0.4, -0.2) is 12.2 Å². The average Bonchev–Trinajstić information content (AvgIpc) is 2.62. The lowest BCUT2D eigenvalue weighted by Gasteiger charge is -2.38. The molecule has 2 aliphatic carbocycles. The highest BCUT2D eigenvalue weighted by molar-refractivity contribution is 6.00.